The Bertz CT molecular complexity index is 1200. The number of aromatic nitrogens is 1. The Morgan fingerprint density at radius 3 is 2.47 bits per heavy atom. The van der Waals surface area contributed by atoms with E-state index in [0.29, 0.717) is 47.8 Å². The van der Waals surface area contributed by atoms with Crippen LogP contribution >= 0.6 is 11.6 Å². The summed E-state index contributed by atoms with van der Waals surface area (Å²) in [5, 5.41) is 15.9. The number of aromatic carboxylic acids is 1. The zero-order chi connectivity index (χ0) is 25.9. The number of pyridine rings is 1. The lowest BCUT2D eigenvalue weighted by Crippen LogP contribution is -2.46. The van der Waals surface area contributed by atoms with Crippen LogP contribution in [-0.2, 0) is 6.54 Å². The number of aliphatic imine (C=N–C) groups is 1. The van der Waals surface area contributed by atoms with E-state index in [1.165, 1.54) is 18.5 Å². The molecule has 0 saturated heterocycles. The van der Waals surface area contributed by atoms with Crippen LogP contribution in [0, 0.1) is 0 Å². The van der Waals surface area contributed by atoms with Gasteiger partial charge in [-0.05, 0) is 61.4 Å². The normalized spacial score (nSPS) is 11.1. The van der Waals surface area contributed by atoms with Crippen molar-refractivity contribution in [2.75, 3.05) is 13.2 Å². The highest BCUT2D eigenvalue weighted by Crippen LogP contribution is 2.24. The number of nitrogens with one attached hydrogen (secondary N) is 2. The molecule has 0 fully saturated rings. The number of hydrogen-bond acceptors (Lipinski definition) is 6. The zero-order valence-corrected chi connectivity index (χ0v) is 20.8. The fourth-order valence-corrected chi connectivity index (χ4v) is 3.36. The lowest BCUT2D eigenvalue weighted by molar-refractivity contribution is 0.0696. The predicted octanol–water partition coefficient (Wildman–Crippen LogP) is 5.44. The second kappa shape index (κ2) is 13.2. The van der Waals surface area contributed by atoms with E-state index in [0.717, 1.165) is 12.0 Å². The molecule has 0 aliphatic heterocycles. The fraction of sp³-hybridized carbons (Fsp3) is 0.231. The van der Waals surface area contributed by atoms with Gasteiger partial charge in [-0.1, -0.05) is 30.7 Å². The molecule has 2 amide bonds. The summed E-state index contributed by atoms with van der Waals surface area (Å²) in [6.07, 6.45) is 3.50. The van der Waals surface area contributed by atoms with Crippen molar-refractivity contribution in [1.82, 2.24) is 20.5 Å². The molecule has 36 heavy (non-hydrogen) atoms. The van der Waals surface area contributed by atoms with Gasteiger partial charge in [-0.3, -0.25) is 15.6 Å². The van der Waals surface area contributed by atoms with E-state index in [1.54, 1.807) is 36.1 Å². The molecule has 0 saturated carbocycles. The highest BCUT2D eigenvalue weighted by Gasteiger charge is 2.13. The molecule has 0 radical (unpaired) electrons. The van der Waals surface area contributed by atoms with Gasteiger partial charge < -0.3 is 14.7 Å². The van der Waals surface area contributed by atoms with Crippen molar-refractivity contribution in [2.24, 2.45) is 4.99 Å². The molecule has 0 atom stereocenters. The summed E-state index contributed by atoms with van der Waals surface area (Å²) in [6, 6.07) is 15.6. The molecule has 1 heterocycles. The summed E-state index contributed by atoms with van der Waals surface area (Å²) < 4.78 is 5.66. The van der Waals surface area contributed by atoms with E-state index in [4.69, 9.17) is 21.4 Å². The summed E-state index contributed by atoms with van der Waals surface area (Å²) in [6.45, 7) is 5.33. The molecule has 1 aromatic heterocycles. The van der Waals surface area contributed by atoms with E-state index in [2.05, 4.69) is 20.6 Å². The maximum atomic E-state index is 12.8. The average molecular weight is 510 g/mol. The van der Waals surface area contributed by atoms with Crippen LogP contribution in [0.2, 0.25) is 5.02 Å². The van der Waals surface area contributed by atoms with Crippen LogP contribution in [0.1, 0.15) is 36.2 Å². The lowest BCUT2D eigenvalue weighted by atomic mass is 10.2. The first kappa shape index (κ1) is 26.7. The smallest absolute Gasteiger partial charge is 0.337 e. The number of halogens is 1. The highest BCUT2D eigenvalue weighted by molar-refractivity contribution is 6.30. The Hall–Kier alpha value is -3.95. The third-order valence-electron chi connectivity index (χ3n) is 4.94. The van der Waals surface area contributed by atoms with Crippen molar-refractivity contribution in [3.8, 4) is 11.5 Å². The maximum Gasteiger partial charge on any atom is 0.337 e. The summed E-state index contributed by atoms with van der Waals surface area (Å²) in [7, 11) is 0. The number of amidine groups is 1. The monoisotopic (exact) mass is 509 g/mol. The van der Waals surface area contributed by atoms with Crippen LogP contribution in [0.5, 0.6) is 11.5 Å². The number of urea groups is 1. The Morgan fingerprint density at radius 2 is 1.81 bits per heavy atom. The van der Waals surface area contributed by atoms with Gasteiger partial charge in [0.1, 0.15) is 17.3 Å². The van der Waals surface area contributed by atoms with E-state index < -0.39 is 5.97 Å². The molecular weight excluding hydrogens is 482 g/mol. The molecule has 0 aliphatic rings. The van der Waals surface area contributed by atoms with Gasteiger partial charge >= 0.3 is 12.0 Å². The highest BCUT2D eigenvalue weighted by atomic mass is 35.5. The van der Waals surface area contributed by atoms with Gasteiger partial charge in [-0.25, -0.2) is 14.6 Å². The van der Waals surface area contributed by atoms with E-state index >= 15 is 0 Å². The minimum Gasteiger partial charge on any atom is -0.478 e. The first-order chi connectivity index (χ1) is 17.3. The van der Waals surface area contributed by atoms with Gasteiger partial charge in [0.25, 0.3) is 0 Å². The van der Waals surface area contributed by atoms with Gasteiger partial charge in [0.2, 0.25) is 0 Å². The molecular formula is C26H28ClN5O4. The number of carboxylic acid groups (broad SMARTS) is 1. The summed E-state index contributed by atoms with van der Waals surface area (Å²) in [4.78, 5) is 33.8. The lowest BCUT2D eigenvalue weighted by Gasteiger charge is -2.23. The van der Waals surface area contributed by atoms with Gasteiger partial charge in [-0.15, -0.1) is 0 Å². The van der Waals surface area contributed by atoms with E-state index in [9.17, 15) is 9.59 Å². The Morgan fingerprint density at radius 1 is 1.08 bits per heavy atom. The third kappa shape index (κ3) is 8.37. The van der Waals surface area contributed by atoms with Crippen LogP contribution in [0.15, 0.2) is 72.0 Å². The number of hydrogen-bond donors (Lipinski definition) is 3. The van der Waals surface area contributed by atoms with Crippen molar-refractivity contribution in [1.29, 1.82) is 0 Å². The Kier molecular flexibility index (Phi) is 9.79. The van der Waals surface area contributed by atoms with Crippen LogP contribution in [0.3, 0.4) is 0 Å². The van der Waals surface area contributed by atoms with Crippen molar-refractivity contribution >= 4 is 35.1 Å². The SMILES string of the molecule is CCCN(CNCc1ccc(Cl)cc1)C(=O)NC(C)=Nc1ccc(Oc2cncc(C(=O)O)c2)cc1. The molecule has 3 aromatic rings. The molecule has 0 spiro atoms. The van der Waals surface area contributed by atoms with Gasteiger partial charge in [0.15, 0.2) is 0 Å². The second-order valence-electron chi connectivity index (χ2n) is 7.91. The molecule has 188 valence electrons. The first-order valence-electron chi connectivity index (χ1n) is 11.4. The van der Waals surface area contributed by atoms with Crippen molar-refractivity contribution < 1.29 is 19.4 Å². The van der Waals surface area contributed by atoms with Crippen LogP contribution in [0.4, 0.5) is 10.5 Å². The third-order valence-corrected chi connectivity index (χ3v) is 5.19. The standard InChI is InChI=1S/C26H28ClN5O4/c1-3-12-32(17-29-14-19-4-6-21(27)7-5-19)26(35)31-18(2)30-22-8-10-23(11-9-22)36-24-13-20(25(33)34)15-28-16-24/h4-11,13,15-16,29H,3,12,14,17H2,1-2H3,(H,33,34)(H,30,31,35). The minimum absolute atomic E-state index is 0.0392. The Labute approximate surface area is 214 Å². The largest absolute Gasteiger partial charge is 0.478 e. The molecule has 2 aromatic carbocycles. The minimum atomic E-state index is -1.08. The number of ether oxygens (including phenoxy) is 1. The summed E-state index contributed by atoms with van der Waals surface area (Å²) >= 11 is 5.92. The Balaban J connectivity index is 1.54. The zero-order valence-electron chi connectivity index (χ0n) is 20.1. The predicted molar refractivity (Wildman–Crippen MR) is 139 cm³/mol. The number of nitrogens with zero attached hydrogens (tertiary/aromatic N) is 3. The number of carbonyl (C=O) groups is 2. The number of carboxylic acids is 1. The topological polar surface area (TPSA) is 116 Å². The molecule has 9 nitrogen and oxygen atoms in total. The first-order valence-corrected chi connectivity index (χ1v) is 11.7. The molecule has 0 unspecified atom stereocenters. The number of amides is 2. The second-order valence-corrected chi connectivity index (χ2v) is 8.35. The molecule has 3 rings (SSSR count). The number of rotatable bonds is 10. The van der Waals surface area contributed by atoms with E-state index in [1.807, 2.05) is 31.2 Å². The summed E-state index contributed by atoms with van der Waals surface area (Å²) in [5.41, 5.74) is 1.74. The van der Waals surface area contributed by atoms with Crippen molar-refractivity contribution in [3.63, 3.8) is 0 Å². The number of benzene rings is 2. The van der Waals surface area contributed by atoms with Crippen LogP contribution < -0.4 is 15.4 Å². The fourth-order valence-electron chi connectivity index (χ4n) is 3.23. The summed E-state index contributed by atoms with van der Waals surface area (Å²) in [5.74, 6) is 0.187. The number of carbonyl (C=O) groups excluding carboxylic acids is 1. The van der Waals surface area contributed by atoms with Crippen LogP contribution in [0.25, 0.3) is 0 Å². The van der Waals surface area contributed by atoms with Crippen molar-refractivity contribution in [2.45, 2.75) is 26.8 Å². The van der Waals surface area contributed by atoms with Gasteiger partial charge in [-0.2, -0.15) is 0 Å². The molecule has 0 aliphatic carbocycles. The molecule has 0 bridgehead atoms. The van der Waals surface area contributed by atoms with Gasteiger partial charge in [0, 0.05) is 24.3 Å². The van der Waals surface area contributed by atoms with Crippen LogP contribution in [-0.4, -0.2) is 46.0 Å². The maximum absolute atomic E-state index is 12.8. The van der Waals surface area contributed by atoms with Gasteiger partial charge in [0.05, 0.1) is 24.1 Å². The molecule has 3 N–H and O–H groups in total. The quantitative estimate of drug-likeness (QED) is 0.190. The average Bonchev–Trinajstić information content (AvgIpc) is 2.86. The van der Waals surface area contributed by atoms with E-state index in [-0.39, 0.29) is 11.6 Å². The van der Waals surface area contributed by atoms with Crippen molar-refractivity contribution in [3.05, 3.63) is 83.1 Å². The molecule has 10 heteroatoms.